The van der Waals surface area contributed by atoms with E-state index in [0.717, 1.165) is 0 Å². The highest BCUT2D eigenvalue weighted by molar-refractivity contribution is 5.95. The van der Waals surface area contributed by atoms with Crippen LogP contribution in [0.1, 0.15) is 32.1 Å². The fourth-order valence-corrected chi connectivity index (χ4v) is 2.46. The number of hydrogen-bond donors (Lipinski definition) is 9. The van der Waals surface area contributed by atoms with Crippen LogP contribution in [0.25, 0.3) is 0 Å². The van der Waals surface area contributed by atoms with Crippen molar-refractivity contribution < 1.29 is 44.1 Å². The fourth-order valence-electron chi connectivity index (χ4n) is 2.46. The van der Waals surface area contributed by atoms with Crippen LogP contribution in [-0.2, 0) is 28.8 Å². The molecule has 0 fully saturated rings. The lowest BCUT2D eigenvalue weighted by atomic mass is 10.1. The summed E-state index contributed by atoms with van der Waals surface area (Å²) in [4.78, 5) is 69.7. The summed E-state index contributed by atoms with van der Waals surface area (Å²) < 4.78 is 0. The van der Waals surface area contributed by atoms with Gasteiger partial charge in [-0.15, -0.1) is 0 Å². The Labute approximate surface area is 183 Å². The van der Waals surface area contributed by atoms with Gasteiger partial charge in [0, 0.05) is 0 Å². The Morgan fingerprint density at radius 1 is 0.781 bits per heavy atom. The minimum Gasteiger partial charge on any atom is -0.481 e. The van der Waals surface area contributed by atoms with Gasteiger partial charge in [0.25, 0.3) is 0 Å². The van der Waals surface area contributed by atoms with Gasteiger partial charge in [-0.2, -0.15) is 0 Å². The molecule has 0 spiro atoms. The molecule has 32 heavy (non-hydrogen) atoms. The molecule has 12 N–H and O–H groups in total. The molecule has 4 unspecified atom stereocenters. The number of carbonyl (C=O) groups excluding carboxylic acids is 4. The number of aliphatic carboxylic acids is 2. The van der Waals surface area contributed by atoms with Crippen LogP contribution in [0.5, 0.6) is 0 Å². The third-order valence-corrected chi connectivity index (χ3v) is 4.15. The number of hydrogen-bond acceptors (Lipinski definition) is 9. The molecule has 15 nitrogen and oxygen atoms in total. The van der Waals surface area contributed by atoms with E-state index < -0.39 is 79.2 Å². The van der Waals surface area contributed by atoms with E-state index in [9.17, 15) is 33.9 Å². The summed E-state index contributed by atoms with van der Waals surface area (Å²) in [7, 11) is 0. The SMILES string of the molecule is NCCCCC(NC(=O)C(N)CC(N)=O)C(=O)NC(CO)C(=O)NC(CC(=O)O)C(=O)O. The third kappa shape index (κ3) is 11.2. The molecule has 182 valence electrons. The Hall–Kier alpha value is -3.30. The van der Waals surface area contributed by atoms with Gasteiger partial charge in [-0.1, -0.05) is 0 Å². The highest BCUT2D eigenvalue weighted by atomic mass is 16.4. The van der Waals surface area contributed by atoms with Gasteiger partial charge >= 0.3 is 11.9 Å². The molecule has 0 aliphatic carbocycles. The largest absolute Gasteiger partial charge is 0.481 e. The van der Waals surface area contributed by atoms with Crippen LogP contribution < -0.4 is 33.2 Å². The maximum atomic E-state index is 12.6. The number of carbonyl (C=O) groups is 6. The summed E-state index contributed by atoms with van der Waals surface area (Å²) >= 11 is 0. The van der Waals surface area contributed by atoms with Crippen molar-refractivity contribution >= 4 is 35.6 Å². The monoisotopic (exact) mass is 462 g/mol. The average Bonchev–Trinajstić information content (AvgIpc) is 2.69. The maximum Gasteiger partial charge on any atom is 0.326 e. The van der Waals surface area contributed by atoms with Gasteiger partial charge in [0.15, 0.2) is 0 Å². The standard InChI is InChI=1S/C17H30N6O9/c18-4-2-1-3-9(21-14(28)8(19)5-12(20)25)15(29)23-11(7-24)16(30)22-10(17(31)32)6-13(26)27/h8-11,24H,1-7,18-19H2,(H2,20,25)(H,21,28)(H,22,30)(H,23,29)(H,26,27)(H,31,32). The van der Waals surface area contributed by atoms with Gasteiger partial charge in [0.05, 0.1) is 25.5 Å². The average molecular weight is 462 g/mol. The van der Waals surface area contributed by atoms with Crippen LogP contribution in [0.2, 0.25) is 0 Å². The van der Waals surface area contributed by atoms with Crippen LogP contribution in [0, 0.1) is 0 Å². The highest BCUT2D eigenvalue weighted by Crippen LogP contribution is 2.03. The number of nitrogens with two attached hydrogens (primary N) is 3. The minimum atomic E-state index is -1.79. The molecule has 0 radical (unpaired) electrons. The molecule has 0 aliphatic rings. The van der Waals surface area contributed by atoms with Gasteiger partial charge in [-0.25, -0.2) is 4.79 Å². The molecule has 4 atom stereocenters. The van der Waals surface area contributed by atoms with E-state index in [1.807, 2.05) is 5.32 Å². The minimum absolute atomic E-state index is 0.0780. The lowest BCUT2D eigenvalue weighted by Gasteiger charge is -2.24. The van der Waals surface area contributed by atoms with Crippen LogP contribution >= 0.6 is 0 Å². The second-order valence-electron chi connectivity index (χ2n) is 6.86. The molecular formula is C17H30N6O9. The summed E-state index contributed by atoms with van der Waals surface area (Å²) in [5.41, 5.74) is 15.9. The van der Waals surface area contributed by atoms with Gasteiger partial charge < -0.3 is 48.5 Å². The van der Waals surface area contributed by atoms with E-state index in [2.05, 4.69) is 10.6 Å². The van der Waals surface area contributed by atoms with Gasteiger partial charge in [-0.3, -0.25) is 24.0 Å². The van der Waals surface area contributed by atoms with Gasteiger partial charge in [0.2, 0.25) is 23.6 Å². The molecule has 15 heteroatoms. The van der Waals surface area contributed by atoms with Crippen molar-refractivity contribution in [2.45, 2.75) is 56.3 Å². The quantitative estimate of drug-likeness (QED) is 0.0982. The zero-order chi connectivity index (χ0) is 24.8. The summed E-state index contributed by atoms with van der Waals surface area (Å²) in [5, 5.41) is 33.5. The number of unbranched alkanes of at least 4 members (excludes halogenated alkanes) is 1. The normalized spacial score (nSPS) is 14.3. The lowest BCUT2D eigenvalue weighted by Crippen LogP contribution is -2.58. The molecular weight excluding hydrogens is 432 g/mol. The first kappa shape index (κ1) is 28.7. The van der Waals surface area contributed by atoms with Crippen molar-refractivity contribution in [3.8, 4) is 0 Å². The van der Waals surface area contributed by atoms with Crippen molar-refractivity contribution in [3.05, 3.63) is 0 Å². The van der Waals surface area contributed by atoms with E-state index in [1.54, 1.807) is 0 Å². The van der Waals surface area contributed by atoms with E-state index in [1.165, 1.54) is 0 Å². The number of aliphatic hydroxyl groups excluding tert-OH is 1. The molecule has 0 aromatic rings. The Kier molecular flexibility index (Phi) is 13.1. The predicted molar refractivity (Wildman–Crippen MR) is 107 cm³/mol. The van der Waals surface area contributed by atoms with Crippen molar-refractivity contribution in [3.63, 3.8) is 0 Å². The third-order valence-electron chi connectivity index (χ3n) is 4.15. The number of aliphatic hydroxyl groups is 1. The number of carboxylic acid groups (broad SMARTS) is 2. The second kappa shape index (κ2) is 14.7. The number of nitrogens with one attached hydrogen (secondary N) is 3. The molecule has 0 saturated heterocycles. The summed E-state index contributed by atoms with van der Waals surface area (Å²) in [6, 6.07) is -5.96. The van der Waals surface area contributed by atoms with Crippen LogP contribution in [0.3, 0.4) is 0 Å². The van der Waals surface area contributed by atoms with Crippen molar-refractivity contribution in [1.29, 1.82) is 0 Å². The molecule has 0 saturated carbocycles. The number of rotatable bonds is 16. The first-order chi connectivity index (χ1) is 14.9. The highest BCUT2D eigenvalue weighted by Gasteiger charge is 2.30. The van der Waals surface area contributed by atoms with Gasteiger partial charge in [0.1, 0.15) is 18.1 Å². The molecule has 0 aromatic carbocycles. The molecule has 4 amide bonds. The van der Waals surface area contributed by atoms with Crippen molar-refractivity contribution in [1.82, 2.24) is 16.0 Å². The first-order valence-corrected chi connectivity index (χ1v) is 9.63. The molecule has 0 rings (SSSR count). The Morgan fingerprint density at radius 2 is 1.31 bits per heavy atom. The van der Waals surface area contributed by atoms with E-state index >= 15 is 0 Å². The van der Waals surface area contributed by atoms with Crippen molar-refractivity contribution in [2.24, 2.45) is 17.2 Å². The Balaban J connectivity index is 5.27. The molecule has 0 heterocycles. The Morgan fingerprint density at radius 3 is 1.78 bits per heavy atom. The van der Waals surface area contributed by atoms with E-state index in [4.69, 9.17) is 27.4 Å². The summed E-state index contributed by atoms with van der Waals surface area (Å²) in [6.07, 6.45) is -0.413. The molecule has 0 bridgehead atoms. The fraction of sp³-hybridized carbons (Fsp3) is 0.647. The Bertz CT molecular complexity index is 702. The van der Waals surface area contributed by atoms with E-state index in [-0.39, 0.29) is 6.42 Å². The van der Waals surface area contributed by atoms with Crippen LogP contribution in [0.4, 0.5) is 0 Å². The van der Waals surface area contributed by atoms with Crippen molar-refractivity contribution in [2.75, 3.05) is 13.2 Å². The number of amides is 4. The molecule has 0 aromatic heterocycles. The number of carboxylic acids is 2. The summed E-state index contributed by atoms with van der Waals surface area (Å²) in [6.45, 7) is -0.632. The van der Waals surface area contributed by atoms with E-state index in [0.29, 0.717) is 19.4 Å². The zero-order valence-corrected chi connectivity index (χ0v) is 17.3. The topological polar surface area (TPSA) is 277 Å². The van der Waals surface area contributed by atoms with Gasteiger partial charge in [-0.05, 0) is 25.8 Å². The summed E-state index contributed by atoms with van der Waals surface area (Å²) in [5.74, 6) is -6.85. The number of primary amides is 1. The maximum absolute atomic E-state index is 12.6. The predicted octanol–water partition coefficient (Wildman–Crippen LogP) is -4.68. The van der Waals surface area contributed by atoms with Crippen LogP contribution in [0.15, 0.2) is 0 Å². The molecule has 0 aliphatic heterocycles. The van der Waals surface area contributed by atoms with Crippen LogP contribution in [-0.4, -0.2) is 88.2 Å². The smallest absolute Gasteiger partial charge is 0.326 e. The zero-order valence-electron chi connectivity index (χ0n) is 17.3. The second-order valence-corrected chi connectivity index (χ2v) is 6.86. The lowest BCUT2D eigenvalue weighted by molar-refractivity contribution is -0.147. The first-order valence-electron chi connectivity index (χ1n) is 9.63.